The van der Waals surface area contributed by atoms with E-state index in [2.05, 4.69) is 0 Å². The fourth-order valence-corrected chi connectivity index (χ4v) is 2.13. The molecule has 0 aromatic heterocycles. The lowest BCUT2D eigenvalue weighted by Crippen LogP contribution is -2.39. The second kappa shape index (κ2) is 8.08. The molecule has 1 aliphatic carbocycles. The minimum absolute atomic E-state index is 0.260. The molecule has 3 N–H and O–H groups in total. The van der Waals surface area contributed by atoms with Crippen LogP contribution in [0.15, 0.2) is 0 Å². The Balaban J connectivity index is 1.94. The minimum Gasteiger partial charge on any atom is -0.396 e. The highest BCUT2D eigenvalue weighted by molar-refractivity contribution is 4.78. The monoisotopic (exact) mass is 215 g/mol. The quantitative estimate of drug-likeness (QED) is 0.637. The van der Waals surface area contributed by atoms with Crippen molar-refractivity contribution < 1.29 is 9.84 Å². The molecule has 0 bridgehead atoms. The van der Waals surface area contributed by atoms with Gasteiger partial charge in [-0.2, -0.15) is 0 Å². The van der Waals surface area contributed by atoms with E-state index in [0.717, 1.165) is 45.1 Å². The molecule has 0 amide bonds. The summed E-state index contributed by atoms with van der Waals surface area (Å²) in [5, 5.41) is 8.61. The summed E-state index contributed by atoms with van der Waals surface area (Å²) < 4.78 is 5.79. The van der Waals surface area contributed by atoms with Crippen LogP contribution < -0.4 is 5.73 Å². The number of ether oxygens (including phenoxy) is 1. The summed E-state index contributed by atoms with van der Waals surface area (Å²) in [6.45, 7) is 1.15. The van der Waals surface area contributed by atoms with Crippen LogP contribution in [0.3, 0.4) is 0 Å². The van der Waals surface area contributed by atoms with Crippen LogP contribution in [0.2, 0.25) is 0 Å². The van der Waals surface area contributed by atoms with Crippen molar-refractivity contribution in [2.24, 2.45) is 5.73 Å². The van der Waals surface area contributed by atoms with Crippen LogP contribution in [0.4, 0.5) is 0 Å². The molecule has 3 nitrogen and oxygen atoms in total. The molecule has 1 saturated carbocycles. The summed E-state index contributed by atoms with van der Waals surface area (Å²) in [5.41, 5.74) is 5.98. The van der Waals surface area contributed by atoms with Gasteiger partial charge in [-0.3, -0.25) is 0 Å². The summed E-state index contributed by atoms with van der Waals surface area (Å²) in [6.07, 6.45) is 9.37. The Labute approximate surface area is 93.0 Å². The molecule has 15 heavy (non-hydrogen) atoms. The average Bonchev–Trinajstić information content (AvgIpc) is 2.25. The van der Waals surface area contributed by atoms with Crippen molar-refractivity contribution in [2.75, 3.05) is 13.2 Å². The van der Waals surface area contributed by atoms with Gasteiger partial charge in [-0.25, -0.2) is 0 Å². The maximum atomic E-state index is 8.61. The molecule has 3 heteroatoms. The van der Waals surface area contributed by atoms with E-state index in [1.165, 1.54) is 12.8 Å². The molecule has 1 fully saturated rings. The highest BCUT2D eigenvalue weighted by atomic mass is 16.5. The van der Waals surface area contributed by atoms with Gasteiger partial charge < -0.3 is 15.6 Å². The highest BCUT2D eigenvalue weighted by Gasteiger charge is 2.21. The smallest absolute Gasteiger partial charge is 0.0725 e. The van der Waals surface area contributed by atoms with Gasteiger partial charge in [-0.15, -0.1) is 0 Å². The standard InChI is InChI=1S/C12H25NO2/c13-11-7-3-4-8-12(11)15-10-6-2-1-5-9-14/h11-12,14H,1-10,13H2. The van der Waals surface area contributed by atoms with E-state index in [-0.39, 0.29) is 6.04 Å². The third-order valence-corrected chi connectivity index (χ3v) is 3.14. The van der Waals surface area contributed by atoms with Gasteiger partial charge in [0.25, 0.3) is 0 Å². The number of aliphatic hydroxyl groups is 1. The molecule has 90 valence electrons. The summed E-state index contributed by atoms with van der Waals surface area (Å²) in [6, 6.07) is 0.260. The maximum absolute atomic E-state index is 8.61. The molecule has 0 saturated heterocycles. The number of rotatable bonds is 7. The second-order valence-corrected chi connectivity index (χ2v) is 4.50. The molecule has 1 rings (SSSR count). The zero-order chi connectivity index (χ0) is 10.9. The van der Waals surface area contributed by atoms with Crippen LogP contribution in [-0.4, -0.2) is 30.5 Å². The van der Waals surface area contributed by atoms with E-state index in [4.69, 9.17) is 15.6 Å². The predicted octanol–water partition coefficient (Wildman–Crippen LogP) is 1.83. The van der Waals surface area contributed by atoms with Crippen LogP contribution in [-0.2, 0) is 4.74 Å². The summed E-state index contributed by atoms with van der Waals surface area (Å²) in [5.74, 6) is 0. The van der Waals surface area contributed by atoms with Gasteiger partial charge in [-0.1, -0.05) is 25.7 Å². The lowest BCUT2D eigenvalue weighted by atomic mass is 9.93. The van der Waals surface area contributed by atoms with Gasteiger partial charge in [0.15, 0.2) is 0 Å². The van der Waals surface area contributed by atoms with Crippen molar-refractivity contribution in [1.82, 2.24) is 0 Å². The molecule has 2 atom stereocenters. The highest BCUT2D eigenvalue weighted by Crippen LogP contribution is 2.19. The van der Waals surface area contributed by atoms with E-state index in [9.17, 15) is 0 Å². The van der Waals surface area contributed by atoms with Crippen LogP contribution in [0.5, 0.6) is 0 Å². The van der Waals surface area contributed by atoms with Gasteiger partial charge in [-0.05, 0) is 25.7 Å². The molecule has 0 radical (unpaired) electrons. The third kappa shape index (κ3) is 5.50. The molecule has 0 aromatic carbocycles. The Bertz CT molecular complexity index is 153. The van der Waals surface area contributed by atoms with Gasteiger partial charge in [0.2, 0.25) is 0 Å². The first-order chi connectivity index (χ1) is 7.34. The van der Waals surface area contributed by atoms with Crippen molar-refractivity contribution in [2.45, 2.75) is 63.5 Å². The third-order valence-electron chi connectivity index (χ3n) is 3.14. The molecule has 0 heterocycles. The number of nitrogens with two attached hydrogens (primary N) is 1. The van der Waals surface area contributed by atoms with Crippen LogP contribution in [0.25, 0.3) is 0 Å². The zero-order valence-electron chi connectivity index (χ0n) is 9.66. The minimum atomic E-state index is 0.260. The van der Waals surface area contributed by atoms with Crippen LogP contribution in [0, 0.1) is 0 Å². The van der Waals surface area contributed by atoms with Gasteiger partial charge in [0.1, 0.15) is 0 Å². The lowest BCUT2D eigenvalue weighted by Gasteiger charge is -2.28. The number of hydrogen-bond donors (Lipinski definition) is 2. The molecule has 0 aliphatic heterocycles. The molecule has 2 unspecified atom stereocenters. The first kappa shape index (κ1) is 12.9. The molecular formula is C12H25NO2. The molecule has 0 spiro atoms. The van der Waals surface area contributed by atoms with E-state index in [1.807, 2.05) is 0 Å². The van der Waals surface area contributed by atoms with Gasteiger partial charge in [0, 0.05) is 19.3 Å². The van der Waals surface area contributed by atoms with E-state index < -0.39 is 0 Å². The zero-order valence-corrected chi connectivity index (χ0v) is 9.66. The number of aliphatic hydroxyl groups excluding tert-OH is 1. The summed E-state index contributed by atoms with van der Waals surface area (Å²) in [4.78, 5) is 0. The largest absolute Gasteiger partial charge is 0.396 e. The summed E-state index contributed by atoms with van der Waals surface area (Å²) in [7, 11) is 0. The Morgan fingerprint density at radius 2 is 1.80 bits per heavy atom. The Morgan fingerprint density at radius 1 is 1.07 bits per heavy atom. The molecule has 0 aromatic rings. The normalized spacial score (nSPS) is 26.8. The van der Waals surface area contributed by atoms with E-state index in [1.54, 1.807) is 0 Å². The Hall–Kier alpha value is -0.120. The van der Waals surface area contributed by atoms with Crippen molar-refractivity contribution in [3.05, 3.63) is 0 Å². The fourth-order valence-electron chi connectivity index (χ4n) is 2.13. The van der Waals surface area contributed by atoms with Crippen LogP contribution >= 0.6 is 0 Å². The number of hydrogen-bond acceptors (Lipinski definition) is 3. The average molecular weight is 215 g/mol. The van der Waals surface area contributed by atoms with E-state index in [0.29, 0.717) is 12.7 Å². The van der Waals surface area contributed by atoms with Gasteiger partial charge in [0.05, 0.1) is 6.10 Å². The Morgan fingerprint density at radius 3 is 2.53 bits per heavy atom. The molecule has 1 aliphatic rings. The topological polar surface area (TPSA) is 55.5 Å². The van der Waals surface area contributed by atoms with E-state index >= 15 is 0 Å². The van der Waals surface area contributed by atoms with Crippen molar-refractivity contribution in [3.8, 4) is 0 Å². The summed E-state index contributed by atoms with van der Waals surface area (Å²) >= 11 is 0. The Kier molecular flexibility index (Phi) is 6.98. The van der Waals surface area contributed by atoms with Crippen molar-refractivity contribution in [1.29, 1.82) is 0 Å². The number of unbranched alkanes of at least 4 members (excludes halogenated alkanes) is 3. The second-order valence-electron chi connectivity index (χ2n) is 4.50. The van der Waals surface area contributed by atoms with Crippen molar-refractivity contribution in [3.63, 3.8) is 0 Å². The fraction of sp³-hybridized carbons (Fsp3) is 1.00. The SMILES string of the molecule is NC1CCCCC1OCCCCCCO. The van der Waals surface area contributed by atoms with Crippen molar-refractivity contribution >= 4 is 0 Å². The molecular weight excluding hydrogens is 190 g/mol. The van der Waals surface area contributed by atoms with Gasteiger partial charge >= 0.3 is 0 Å². The maximum Gasteiger partial charge on any atom is 0.0725 e. The predicted molar refractivity (Wildman–Crippen MR) is 61.7 cm³/mol. The first-order valence-electron chi connectivity index (χ1n) is 6.32. The first-order valence-corrected chi connectivity index (χ1v) is 6.32. The van der Waals surface area contributed by atoms with Crippen LogP contribution in [0.1, 0.15) is 51.4 Å². The lowest BCUT2D eigenvalue weighted by molar-refractivity contribution is 0.0131.